The van der Waals surface area contributed by atoms with E-state index in [1.807, 2.05) is 6.92 Å². The van der Waals surface area contributed by atoms with Crippen LogP contribution in [0.2, 0.25) is 0 Å². The van der Waals surface area contributed by atoms with Crippen molar-refractivity contribution >= 4 is 5.97 Å². The standard InChI is InChI=1S/C17H30O4/c1-2-17(18)21-12-6-8-15(14-7-5-10-19-13-14)16-9-3-4-11-20-16/h14-16H,2-13H2,1H3. The minimum absolute atomic E-state index is 0.0959. The predicted molar refractivity (Wildman–Crippen MR) is 81.1 cm³/mol. The minimum atomic E-state index is -0.0959. The minimum Gasteiger partial charge on any atom is -0.466 e. The van der Waals surface area contributed by atoms with Crippen LogP contribution in [0.4, 0.5) is 0 Å². The van der Waals surface area contributed by atoms with Crippen LogP contribution >= 0.6 is 0 Å². The van der Waals surface area contributed by atoms with Crippen LogP contribution in [0.5, 0.6) is 0 Å². The summed E-state index contributed by atoms with van der Waals surface area (Å²) in [5.74, 6) is 1.08. The molecule has 0 bridgehead atoms. The van der Waals surface area contributed by atoms with E-state index in [4.69, 9.17) is 14.2 Å². The van der Waals surface area contributed by atoms with Gasteiger partial charge in [0.1, 0.15) is 0 Å². The molecule has 4 nitrogen and oxygen atoms in total. The average molecular weight is 298 g/mol. The zero-order valence-corrected chi connectivity index (χ0v) is 13.4. The molecular formula is C17H30O4. The summed E-state index contributed by atoms with van der Waals surface area (Å²) in [4.78, 5) is 11.2. The third-order valence-corrected chi connectivity index (χ3v) is 4.73. The summed E-state index contributed by atoms with van der Waals surface area (Å²) < 4.78 is 16.9. The Morgan fingerprint density at radius 3 is 2.81 bits per heavy atom. The van der Waals surface area contributed by atoms with Gasteiger partial charge >= 0.3 is 5.97 Å². The molecule has 3 unspecified atom stereocenters. The van der Waals surface area contributed by atoms with Gasteiger partial charge in [-0.15, -0.1) is 0 Å². The predicted octanol–water partition coefficient (Wildman–Crippen LogP) is 3.33. The monoisotopic (exact) mass is 298 g/mol. The maximum absolute atomic E-state index is 11.2. The van der Waals surface area contributed by atoms with Crippen molar-refractivity contribution in [1.29, 1.82) is 0 Å². The number of carbonyl (C=O) groups excluding carboxylic acids is 1. The van der Waals surface area contributed by atoms with Crippen LogP contribution < -0.4 is 0 Å². The van der Waals surface area contributed by atoms with Gasteiger partial charge in [0, 0.05) is 26.2 Å². The molecule has 21 heavy (non-hydrogen) atoms. The van der Waals surface area contributed by atoms with Gasteiger partial charge in [0.25, 0.3) is 0 Å². The Labute approximate surface area is 128 Å². The first-order valence-electron chi connectivity index (χ1n) is 8.66. The smallest absolute Gasteiger partial charge is 0.305 e. The number of hydrogen-bond donors (Lipinski definition) is 0. The van der Waals surface area contributed by atoms with Crippen molar-refractivity contribution in [2.75, 3.05) is 26.4 Å². The highest BCUT2D eigenvalue weighted by Crippen LogP contribution is 2.33. The molecule has 2 aliphatic rings. The molecule has 122 valence electrons. The lowest BCUT2D eigenvalue weighted by Crippen LogP contribution is -2.37. The molecule has 0 radical (unpaired) electrons. The number of ether oxygens (including phenoxy) is 3. The topological polar surface area (TPSA) is 44.8 Å². The summed E-state index contributed by atoms with van der Waals surface area (Å²) in [5, 5.41) is 0. The maximum Gasteiger partial charge on any atom is 0.305 e. The molecule has 2 heterocycles. The van der Waals surface area contributed by atoms with Gasteiger partial charge in [-0.25, -0.2) is 0 Å². The normalized spacial score (nSPS) is 28.0. The van der Waals surface area contributed by atoms with E-state index >= 15 is 0 Å². The van der Waals surface area contributed by atoms with Gasteiger partial charge in [-0.05, 0) is 56.8 Å². The fourth-order valence-corrected chi connectivity index (χ4v) is 3.54. The Morgan fingerprint density at radius 2 is 2.14 bits per heavy atom. The molecule has 2 saturated heterocycles. The second-order valence-corrected chi connectivity index (χ2v) is 6.26. The van der Waals surface area contributed by atoms with Crippen LogP contribution in [-0.2, 0) is 19.0 Å². The van der Waals surface area contributed by atoms with E-state index < -0.39 is 0 Å². The zero-order chi connectivity index (χ0) is 14.9. The molecule has 0 aromatic heterocycles. The third kappa shape index (κ3) is 5.59. The highest BCUT2D eigenvalue weighted by Gasteiger charge is 2.32. The Balaban J connectivity index is 1.80. The van der Waals surface area contributed by atoms with Crippen molar-refractivity contribution in [2.24, 2.45) is 11.8 Å². The fourth-order valence-electron chi connectivity index (χ4n) is 3.54. The van der Waals surface area contributed by atoms with Crippen molar-refractivity contribution in [2.45, 2.75) is 64.4 Å². The van der Waals surface area contributed by atoms with Crippen molar-refractivity contribution < 1.29 is 19.0 Å². The zero-order valence-electron chi connectivity index (χ0n) is 13.4. The molecule has 3 atom stereocenters. The van der Waals surface area contributed by atoms with Crippen molar-refractivity contribution in [3.63, 3.8) is 0 Å². The fraction of sp³-hybridized carbons (Fsp3) is 0.941. The molecule has 0 spiro atoms. The van der Waals surface area contributed by atoms with Gasteiger partial charge in [-0.3, -0.25) is 4.79 Å². The molecule has 2 aliphatic heterocycles. The van der Waals surface area contributed by atoms with Crippen LogP contribution in [0.25, 0.3) is 0 Å². The van der Waals surface area contributed by atoms with Crippen molar-refractivity contribution in [3.8, 4) is 0 Å². The number of rotatable bonds is 7. The van der Waals surface area contributed by atoms with E-state index in [1.54, 1.807) is 0 Å². The van der Waals surface area contributed by atoms with Gasteiger partial charge < -0.3 is 14.2 Å². The molecule has 4 heteroatoms. The lowest BCUT2D eigenvalue weighted by Gasteiger charge is -2.37. The maximum atomic E-state index is 11.2. The molecule has 2 fully saturated rings. The molecule has 0 N–H and O–H groups in total. The first-order valence-corrected chi connectivity index (χ1v) is 8.66. The van der Waals surface area contributed by atoms with Crippen molar-refractivity contribution in [3.05, 3.63) is 0 Å². The molecule has 0 amide bonds. The lowest BCUT2D eigenvalue weighted by molar-refractivity contribution is -0.143. The van der Waals surface area contributed by atoms with Gasteiger partial charge in [-0.2, -0.15) is 0 Å². The highest BCUT2D eigenvalue weighted by molar-refractivity contribution is 5.68. The summed E-state index contributed by atoms with van der Waals surface area (Å²) >= 11 is 0. The van der Waals surface area contributed by atoms with Crippen LogP contribution in [0, 0.1) is 11.8 Å². The molecule has 2 rings (SSSR count). The SMILES string of the molecule is CCC(=O)OCCCC(C1CCCOC1)C1CCCCO1. The van der Waals surface area contributed by atoms with Gasteiger partial charge in [0.15, 0.2) is 0 Å². The highest BCUT2D eigenvalue weighted by atomic mass is 16.5. The molecule has 0 aromatic carbocycles. The molecule has 0 aliphatic carbocycles. The summed E-state index contributed by atoms with van der Waals surface area (Å²) in [6.07, 6.45) is 8.92. The second-order valence-electron chi connectivity index (χ2n) is 6.26. The Kier molecular flexibility index (Phi) is 7.51. The summed E-state index contributed by atoms with van der Waals surface area (Å²) in [7, 11) is 0. The van der Waals surface area contributed by atoms with E-state index in [0.717, 1.165) is 32.7 Å². The largest absolute Gasteiger partial charge is 0.466 e. The molecule has 0 saturated carbocycles. The van der Waals surface area contributed by atoms with Gasteiger partial charge in [0.2, 0.25) is 0 Å². The Hall–Kier alpha value is -0.610. The van der Waals surface area contributed by atoms with Crippen LogP contribution in [-0.4, -0.2) is 38.5 Å². The van der Waals surface area contributed by atoms with Gasteiger partial charge in [0.05, 0.1) is 12.7 Å². The average Bonchev–Trinajstić information content (AvgIpc) is 2.56. The van der Waals surface area contributed by atoms with E-state index in [2.05, 4.69) is 0 Å². The molecule has 0 aromatic rings. The van der Waals surface area contributed by atoms with E-state index in [0.29, 0.717) is 31.0 Å². The number of hydrogen-bond acceptors (Lipinski definition) is 4. The van der Waals surface area contributed by atoms with Crippen LogP contribution in [0.1, 0.15) is 58.3 Å². The van der Waals surface area contributed by atoms with E-state index in [1.165, 1.54) is 32.1 Å². The quantitative estimate of drug-likeness (QED) is 0.534. The number of esters is 1. The summed E-state index contributed by atoms with van der Waals surface area (Å²) in [5.41, 5.74) is 0. The summed E-state index contributed by atoms with van der Waals surface area (Å²) in [6.45, 7) is 5.06. The first kappa shape index (κ1) is 16.8. The molecular weight excluding hydrogens is 268 g/mol. The van der Waals surface area contributed by atoms with E-state index in [9.17, 15) is 4.79 Å². The van der Waals surface area contributed by atoms with E-state index in [-0.39, 0.29) is 5.97 Å². The summed E-state index contributed by atoms with van der Waals surface area (Å²) in [6, 6.07) is 0. The van der Waals surface area contributed by atoms with Crippen LogP contribution in [0.3, 0.4) is 0 Å². The third-order valence-electron chi connectivity index (χ3n) is 4.73. The van der Waals surface area contributed by atoms with Gasteiger partial charge in [-0.1, -0.05) is 6.92 Å². The lowest BCUT2D eigenvalue weighted by atomic mass is 9.79. The Morgan fingerprint density at radius 1 is 1.24 bits per heavy atom. The van der Waals surface area contributed by atoms with Crippen LogP contribution in [0.15, 0.2) is 0 Å². The van der Waals surface area contributed by atoms with Crippen molar-refractivity contribution in [1.82, 2.24) is 0 Å². The number of carbonyl (C=O) groups is 1. The second kappa shape index (κ2) is 9.42. The first-order chi connectivity index (χ1) is 10.3. The Bertz CT molecular complexity index is 275.